The van der Waals surface area contributed by atoms with Gasteiger partial charge in [-0.3, -0.25) is 0 Å². The maximum absolute atomic E-state index is 12.1. The molecule has 10 heavy (non-hydrogen) atoms. The largest absolute Gasteiger partial charge is 0.357 e. The Balaban J connectivity index is 2.78. The fourth-order valence-corrected chi connectivity index (χ4v) is 2.01. The molecule has 0 aliphatic carbocycles. The average molecular weight is 195 g/mol. The Labute approximate surface area is 63.9 Å². The van der Waals surface area contributed by atoms with Crippen molar-refractivity contribution in [3.05, 3.63) is 0 Å². The monoisotopic (exact) mass is 194 g/mol. The van der Waals surface area contributed by atoms with Crippen molar-refractivity contribution in [3.8, 4) is 0 Å². The van der Waals surface area contributed by atoms with E-state index in [-0.39, 0.29) is 11.8 Å². The van der Waals surface area contributed by atoms with E-state index in [2.05, 4.69) is 0 Å². The molecule has 1 aliphatic rings. The Bertz CT molecular complexity index is 132. The zero-order chi connectivity index (χ0) is 7.99. The van der Waals surface area contributed by atoms with Crippen molar-refractivity contribution >= 4 is 23.4 Å². The van der Waals surface area contributed by atoms with E-state index in [1.807, 2.05) is 0 Å². The minimum Gasteiger partial charge on any atom is -0.199 e. The number of alkyl halides is 5. The summed E-state index contributed by atoms with van der Waals surface area (Å²) in [6, 6.07) is 0. The van der Waals surface area contributed by atoms with E-state index in [0.29, 0.717) is 0 Å². The van der Waals surface area contributed by atoms with Gasteiger partial charge in [0, 0.05) is 6.42 Å². The van der Waals surface area contributed by atoms with Crippen molar-refractivity contribution in [2.75, 3.05) is 0 Å². The van der Waals surface area contributed by atoms with Gasteiger partial charge < -0.3 is 0 Å². The lowest BCUT2D eigenvalue weighted by molar-refractivity contribution is -0.144. The molecule has 0 bridgehead atoms. The molecule has 0 amide bonds. The highest BCUT2D eigenvalue weighted by Crippen LogP contribution is 2.56. The Morgan fingerprint density at radius 2 is 1.80 bits per heavy atom. The van der Waals surface area contributed by atoms with E-state index < -0.39 is 22.3 Å². The van der Waals surface area contributed by atoms with Gasteiger partial charge in [0.25, 0.3) is 0 Å². The fraction of sp³-hybridized carbons (Fsp3) is 1.00. The van der Waals surface area contributed by atoms with Crippen molar-refractivity contribution in [2.45, 2.75) is 22.3 Å². The van der Waals surface area contributed by atoms with Crippen LogP contribution in [0.5, 0.6) is 0 Å². The molecule has 6 heteroatoms. The van der Waals surface area contributed by atoms with Crippen LogP contribution in [0.25, 0.3) is 0 Å². The van der Waals surface area contributed by atoms with Gasteiger partial charge in [-0.1, -0.05) is 11.8 Å². The van der Waals surface area contributed by atoms with E-state index in [9.17, 15) is 17.6 Å². The molecule has 0 saturated carbocycles. The molecule has 0 aromatic rings. The first-order valence-corrected chi connectivity index (χ1v) is 3.74. The second kappa shape index (κ2) is 2.17. The SMILES string of the molecule is FC1(F)CC(Cl)SC1(F)F. The van der Waals surface area contributed by atoms with Gasteiger partial charge in [-0.15, -0.1) is 11.6 Å². The first kappa shape index (κ1) is 8.46. The lowest BCUT2D eigenvalue weighted by Gasteiger charge is -2.15. The Morgan fingerprint density at radius 1 is 1.30 bits per heavy atom. The van der Waals surface area contributed by atoms with E-state index in [4.69, 9.17) is 11.6 Å². The third-order valence-corrected chi connectivity index (χ3v) is 2.56. The van der Waals surface area contributed by atoms with Crippen LogP contribution >= 0.6 is 23.4 Å². The third-order valence-electron chi connectivity index (χ3n) is 1.12. The number of rotatable bonds is 0. The first-order valence-electron chi connectivity index (χ1n) is 2.43. The number of halogens is 5. The average Bonchev–Trinajstić information content (AvgIpc) is 1.73. The Morgan fingerprint density at radius 3 is 1.90 bits per heavy atom. The summed E-state index contributed by atoms with van der Waals surface area (Å²) in [7, 11) is 0. The summed E-state index contributed by atoms with van der Waals surface area (Å²) >= 11 is 4.90. The smallest absolute Gasteiger partial charge is 0.199 e. The van der Waals surface area contributed by atoms with Crippen LogP contribution in [0.1, 0.15) is 6.42 Å². The van der Waals surface area contributed by atoms with Gasteiger partial charge in [-0.2, -0.15) is 17.6 Å². The molecule has 1 saturated heterocycles. The normalized spacial score (nSPS) is 36.3. The standard InChI is InChI=1S/C4H3ClF4S/c5-2-1-3(6,7)4(8,9)10-2/h2H,1H2. The molecular formula is C4H3ClF4S. The van der Waals surface area contributed by atoms with Crippen LogP contribution in [0.4, 0.5) is 17.6 Å². The molecule has 1 fully saturated rings. The molecule has 0 spiro atoms. The van der Waals surface area contributed by atoms with Gasteiger partial charge in [0.15, 0.2) is 0 Å². The molecule has 0 nitrogen and oxygen atoms in total. The molecule has 0 N–H and O–H groups in total. The highest BCUT2D eigenvalue weighted by atomic mass is 35.5. The summed E-state index contributed by atoms with van der Waals surface area (Å²) in [5.74, 6) is -3.94. The highest BCUT2D eigenvalue weighted by molar-refractivity contribution is 8.02. The molecule has 1 aliphatic heterocycles. The molecule has 0 radical (unpaired) electrons. The topological polar surface area (TPSA) is 0 Å². The summed E-state index contributed by atoms with van der Waals surface area (Å²) in [5, 5.41) is -3.99. The predicted molar refractivity (Wildman–Crippen MR) is 31.7 cm³/mol. The van der Waals surface area contributed by atoms with E-state index >= 15 is 0 Å². The summed E-state index contributed by atoms with van der Waals surface area (Å²) in [6.45, 7) is 0. The number of hydrogen-bond acceptors (Lipinski definition) is 1. The molecule has 60 valence electrons. The zero-order valence-corrected chi connectivity index (χ0v) is 6.15. The maximum atomic E-state index is 12.1. The molecule has 1 rings (SSSR count). The Hall–Kier alpha value is 0.360. The van der Waals surface area contributed by atoms with Crippen LogP contribution in [-0.4, -0.2) is 15.9 Å². The predicted octanol–water partition coefficient (Wildman–Crippen LogP) is 2.92. The number of thioether (sulfide) groups is 1. The van der Waals surface area contributed by atoms with Crippen LogP contribution in [-0.2, 0) is 0 Å². The molecule has 0 aromatic heterocycles. The van der Waals surface area contributed by atoms with Crippen molar-refractivity contribution in [1.29, 1.82) is 0 Å². The summed E-state index contributed by atoms with van der Waals surface area (Å²) in [6.07, 6.45) is -0.952. The third kappa shape index (κ3) is 1.21. The van der Waals surface area contributed by atoms with Gasteiger partial charge in [0.1, 0.15) is 0 Å². The second-order valence-electron chi connectivity index (χ2n) is 1.95. The second-order valence-corrected chi connectivity index (χ2v) is 4.06. The minimum atomic E-state index is -3.99. The van der Waals surface area contributed by atoms with Crippen molar-refractivity contribution in [3.63, 3.8) is 0 Å². The summed E-state index contributed by atoms with van der Waals surface area (Å²) in [4.78, 5) is 0. The summed E-state index contributed by atoms with van der Waals surface area (Å²) < 4.78 is 47.3. The van der Waals surface area contributed by atoms with E-state index in [1.54, 1.807) is 0 Å². The van der Waals surface area contributed by atoms with Crippen molar-refractivity contribution in [1.82, 2.24) is 0 Å². The highest BCUT2D eigenvalue weighted by Gasteiger charge is 2.63. The van der Waals surface area contributed by atoms with Gasteiger partial charge in [0.05, 0.1) is 4.71 Å². The van der Waals surface area contributed by atoms with Gasteiger partial charge in [-0.25, -0.2) is 0 Å². The number of hydrogen-bond donors (Lipinski definition) is 0. The van der Waals surface area contributed by atoms with Crippen LogP contribution in [0.15, 0.2) is 0 Å². The molecule has 1 heterocycles. The molecule has 0 aromatic carbocycles. The molecule has 1 unspecified atom stereocenters. The van der Waals surface area contributed by atoms with Gasteiger partial charge in [0.2, 0.25) is 0 Å². The van der Waals surface area contributed by atoms with Crippen molar-refractivity contribution in [2.24, 2.45) is 0 Å². The quantitative estimate of drug-likeness (QED) is 0.422. The van der Waals surface area contributed by atoms with E-state index in [0.717, 1.165) is 0 Å². The van der Waals surface area contributed by atoms with Gasteiger partial charge in [-0.05, 0) is 0 Å². The van der Waals surface area contributed by atoms with Crippen LogP contribution in [0.2, 0.25) is 0 Å². The maximum Gasteiger partial charge on any atom is 0.357 e. The molecule has 1 atom stereocenters. The zero-order valence-electron chi connectivity index (χ0n) is 4.58. The first-order chi connectivity index (χ1) is 4.35. The van der Waals surface area contributed by atoms with Gasteiger partial charge >= 0.3 is 11.2 Å². The Kier molecular flexibility index (Phi) is 1.84. The van der Waals surface area contributed by atoms with Crippen LogP contribution in [0.3, 0.4) is 0 Å². The van der Waals surface area contributed by atoms with Crippen LogP contribution in [0, 0.1) is 0 Å². The lowest BCUT2D eigenvalue weighted by Crippen LogP contribution is -2.31. The molecular weight excluding hydrogens is 192 g/mol. The summed E-state index contributed by atoms with van der Waals surface area (Å²) in [5.41, 5.74) is 0. The van der Waals surface area contributed by atoms with Crippen LogP contribution < -0.4 is 0 Å². The fourth-order valence-electron chi connectivity index (χ4n) is 0.609. The minimum absolute atomic E-state index is 0.188. The van der Waals surface area contributed by atoms with Crippen molar-refractivity contribution < 1.29 is 17.6 Å². The lowest BCUT2D eigenvalue weighted by atomic mass is 10.3. The van der Waals surface area contributed by atoms with E-state index in [1.165, 1.54) is 0 Å².